The van der Waals surface area contributed by atoms with Gasteiger partial charge in [-0.3, -0.25) is 4.90 Å². The third kappa shape index (κ3) is 4.71. The lowest BCUT2D eigenvalue weighted by Crippen LogP contribution is -2.49. The smallest absolute Gasteiger partial charge is 0.0710 e. The summed E-state index contributed by atoms with van der Waals surface area (Å²) in [5.74, 6) is 0.616. The van der Waals surface area contributed by atoms with Gasteiger partial charge >= 0.3 is 0 Å². The van der Waals surface area contributed by atoms with Crippen molar-refractivity contribution in [3.8, 4) is 0 Å². The zero-order chi connectivity index (χ0) is 13.9. The van der Waals surface area contributed by atoms with E-state index in [4.69, 9.17) is 10.5 Å². The molecule has 0 radical (unpaired) electrons. The van der Waals surface area contributed by atoms with Gasteiger partial charge in [-0.1, -0.05) is 6.92 Å². The molecular weight excluding hydrogens is 238 g/mol. The second-order valence-electron chi connectivity index (χ2n) is 6.98. The van der Waals surface area contributed by atoms with Crippen LogP contribution in [0.5, 0.6) is 0 Å². The van der Waals surface area contributed by atoms with Gasteiger partial charge in [-0.2, -0.15) is 0 Å². The summed E-state index contributed by atoms with van der Waals surface area (Å²) < 4.78 is 6.09. The van der Waals surface area contributed by atoms with Gasteiger partial charge < -0.3 is 15.4 Å². The van der Waals surface area contributed by atoms with E-state index in [0.29, 0.717) is 12.0 Å². The number of ether oxygens (including phenoxy) is 1. The Kier molecular flexibility index (Phi) is 5.23. The normalized spacial score (nSPS) is 30.6. The fourth-order valence-corrected chi connectivity index (χ4v) is 3.16. The van der Waals surface area contributed by atoms with Crippen molar-refractivity contribution in [2.45, 2.75) is 45.3 Å². The van der Waals surface area contributed by atoms with Crippen LogP contribution in [0.4, 0.5) is 0 Å². The average molecular weight is 269 g/mol. The average Bonchev–Trinajstić information content (AvgIpc) is 2.71. The predicted octanol–water partition coefficient (Wildman–Crippen LogP) is 1.16. The van der Waals surface area contributed by atoms with E-state index in [-0.39, 0.29) is 5.60 Å². The molecule has 2 aliphatic rings. The molecule has 19 heavy (non-hydrogen) atoms. The number of rotatable bonds is 5. The fraction of sp³-hybridized carbons (Fsp3) is 1.00. The maximum Gasteiger partial charge on any atom is 0.0710 e. The van der Waals surface area contributed by atoms with Gasteiger partial charge in [0.05, 0.1) is 11.7 Å². The SMILES string of the molecule is CC(CN)CN1CCN(CC2CCC(C)(C)O2)CC1. The minimum absolute atomic E-state index is 0.100. The van der Waals surface area contributed by atoms with Gasteiger partial charge in [0.15, 0.2) is 0 Å². The van der Waals surface area contributed by atoms with Crippen LogP contribution in [0, 0.1) is 5.92 Å². The van der Waals surface area contributed by atoms with Crippen LogP contribution in [0.15, 0.2) is 0 Å². The van der Waals surface area contributed by atoms with Crippen molar-refractivity contribution in [2.24, 2.45) is 11.7 Å². The second kappa shape index (κ2) is 6.53. The molecule has 0 aliphatic carbocycles. The van der Waals surface area contributed by atoms with Crippen molar-refractivity contribution < 1.29 is 4.74 Å². The van der Waals surface area contributed by atoms with E-state index >= 15 is 0 Å². The van der Waals surface area contributed by atoms with E-state index in [2.05, 4.69) is 30.6 Å². The van der Waals surface area contributed by atoms with Crippen LogP contribution in [0.25, 0.3) is 0 Å². The molecule has 0 bridgehead atoms. The Hall–Kier alpha value is -0.160. The maximum absolute atomic E-state index is 6.09. The third-order valence-corrected chi connectivity index (χ3v) is 4.45. The first-order valence-corrected chi connectivity index (χ1v) is 7.81. The quantitative estimate of drug-likeness (QED) is 0.813. The predicted molar refractivity (Wildman–Crippen MR) is 79.3 cm³/mol. The first kappa shape index (κ1) is 15.2. The van der Waals surface area contributed by atoms with Gasteiger partial charge in [-0.15, -0.1) is 0 Å². The molecule has 0 spiro atoms. The van der Waals surface area contributed by atoms with Gasteiger partial charge in [0.25, 0.3) is 0 Å². The van der Waals surface area contributed by atoms with Gasteiger partial charge in [0.2, 0.25) is 0 Å². The summed E-state index contributed by atoms with van der Waals surface area (Å²) in [6.45, 7) is 14.4. The number of hydrogen-bond donors (Lipinski definition) is 1. The van der Waals surface area contributed by atoms with Crippen molar-refractivity contribution in [3.05, 3.63) is 0 Å². The molecule has 2 aliphatic heterocycles. The number of nitrogens with two attached hydrogens (primary N) is 1. The van der Waals surface area contributed by atoms with Crippen molar-refractivity contribution >= 4 is 0 Å². The Balaban J connectivity index is 1.66. The Bertz CT molecular complexity index is 275. The van der Waals surface area contributed by atoms with Gasteiger partial charge in [0, 0.05) is 39.3 Å². The van der Waals surface area contributed by atoms with Crippen LogP contribution in [-0.4, -0.2) is 67.3 Å². The van der Waals surface area contributed by atoms with E-state index in [0.717, 1.165) is 19.6 Å². The van der Waals surface area contributed by atoms with Crippen molar-refractivity contribution in [2.75, 3.05) is 45.8 Å². The zero-order valence-electron chi connectivity index (χ0n) is 12.9. The summed E-state index contributed by atoms with van der Waals surface area (Å²) in [6.07, 6.45) is 2.87. The van der Waals surface area contributed by atoms with Gasteiger partial charge in [-0.05, 0) is 39.2 Å². The molecule has 0 amide bonds. The molecule has 2 unspecified atom stereocenters. The largest absolute Gasteiger partial charge is 0.371 e. The maximum atomic E-state index is 6.09. The van der Waals surface area contributed by atoms with Crippen LogP contribution in [0.2, 0.25) is 0 Å². The van der Waals surface area contributed by atoms with E-state index < -0.39 is 0 Å². The fourth-order valence-electron chi connectivity index (χ4n) is 3.16. The summed E-state index contributed by atoms with van der Waals surface area (Å²) in [4.78, 5) is 5.11. The number of nitrogens with zero attached hydrogens (tertiary/aromatic N) is 2. The lowest BCUT2D eigenvalue weighted by Gasteiger charge is -2.37. The molecule has 2 saturated heterocycles. The molecule has 2 fully saturated rings. The molecule has 4 nitrogen and oxygen atoms in total. The molecule has 2 rings (SSSR count). The summed E-state index contributed by atoms with van der Waals surface area (Å²) in [6, 6.07) is 0. The highest BCUT2D eigenvalue weighted by Crippen LogP contribution is 2.29. The molecule has 4 heteroatoms. The number of hydrogen-bond acceptors (Lipinski definition) is 4. The molecule has 2 N–H and O–H groups in total. The molecule has 0 aromatic rings. The summed E-state index contributed by atoms with van der Waals surface area (Å²) in [7, 11) is 0. The van der Waals surface area contributed by atoms with Crippen LogP contribution < -0.4 is 5.73 Å². The van der Waals surface area contributed by atoms with Gasteiger partial charge in [0.1, 0.15) is 0 Å². The summed E-state index contributed by atoms with van der Waals surface area (Å²) in [5.41, 5.74) is 5.80. The molecule has 0 aromatic carbocycles. The molecule has 2 heterocycles. The minimum Gasteiger partial charge on any atom is -0.371 e. The molecule has 0 aromatic heterocycles. The first-order valence-electron chi connectivity index (χ1n) is 7.81. The summed E-state index contributed by atoms with van der Waals surface area (Å²) in [5, 5.41) is 0. The van der Waals surface area contributed by atoms with Crippen LogP contribution in [0.1, 0.15) is 33.6 Å². The minimum atomic E-state index is 0.100. The lowest BCUT2D eigenvalue weighted by molar-refractivity contribution is -0.0339. The van der Waals surface area contributed by atoms with Gasteiger partial charge in [-0.25, -0.2) is 0 Å². The van der Waals surface area contributed by atoms with E-state index in [1.54, 1.807) is 0 Å². The highest BCUT2D eigenvalue weighted by Gasteiger charge is 2.33. The molecule has 2 atom stereocenters. The molecule has 112 valence electrons. The third-order valence-electron chi connectivity index (χ3n) is 4.45. The highest BCUT2D eigenvalue weighted by atomic mass is 16.5. The standard InChI is InChI=1S/C15H31N3O/c1-13(10-16)11-17-6-8-18(9-7-17)12-14-4-5-15(2,3)19-14/h13-14H,4-12,16H2,1-3H3. The van der Waals surface area contributed by atoms with Crippen LogP contribution in [0.3, 0.4) is 0 Å². The molecule has 0 saturated carbocycles. The first-order chi connectivity index (χ1) is 8.98. The van der Waals surface area contributed by atoms with Crippen molar-refractivity contribution in [1.29, 1.82) is 0 Å². The van der Waals surface area contributed by atoms with Crippen molar-refractivity contribution in [1.82, 2.24) is 9.80 Å². The topological polar surface area (TPSA) is 41.7 Å². The zero-order valence-corrected chi connectivity index (χ0v) is 12.9. The van der Waals surface area contributed by atoms with Crippen LogP contribution in [-0.2, 0) is 4.74 Å². The molecular formula is C15H31N3O. The van der Waals surface area contributed by atoms with E-state index in [9.17, 15) is 0 Å². The van der Waals surface area contributed by atoms with E-state index in [1.165, 1.54) is 39.0 Å². The summed E-state index contributed by atoms with van der Waals surface area (Å²) >= 11 is 0. The van der Waals surface area contributed by atoms with E-state index in [1.807, 2.05) is 0 Å². The van der Waals surface area contributed by atoms with Crippen LogP contribution >= 0.6 is 0 Å². The lowest BCUT2D eigenvalue weighted by atomic mass is 10.1. The monoisotopic (exact) mass is 269 g/mol. The van der Waals surface area contributed by atoms with Crippen molar-refractivity contribution in [3.63, 3.8) is 0 Å². The number of piperazine rings is 1. The second-order valence-corrected chi connectivity index (χ2v) is 6.98. The Morgan fingerprint density at radius 1 is 1.21 bits per heavy atom. The Morgan fingerprint density at radius 3 is 2.37 bits per heavy atom. The Labute approximate surface area is 118 Å². The highest BCUT2D eigenvalue weighted by molar-refractivity contribution is 4.84. The Morgan fingerprint density at radius 2 is 1.84 bits per heavy atom.